The van der Waals surface area contributed by atoms with E-state index in [1.54, 1.807) is 6.33 Å². The van der Waals surface area contributed by atoms with Crippen LogP contribution in [0, 0.1) is 13.8 Å². The maximum absolute atomic E-state index is 10.1. The maximum atomic E-state index is 10.1. The number of nitrogens with zero attached hydrogens (tertiary/aromatic N) is 5. The molecule has 8 heteroatoms. The molecule has 1 saturated carbocycles. The Morgan fingerprint density at radius 2 is 1.88 bits per heavy atom. The predicted molar refractivity (Wildman–Crippen MR) is 137 cm³/mol. The lowest BCUT2D eigenvalue weighted by molar-refractivity contribution is -0.107. The van der Waals surface area contributed by atoms with Gasteiger partial charge in [0.05, 0.1) is 16.3 Å². The third-order valence-corrected chi connectivity index (χ3v) is 9.16. The van der Waals surface area contributed by atoms with E-state index >= 15 is 0 Å². The van der Waals surface area contributed by atoms with Gasteiger partial charge in [-0.2, -0.15) is 5.10 Å². The van der Waals surface area contributed by atoms with Gasteiger partial charge in [-0.1, -0.05) is 13.8 Å². The van der Waals surface area contributed by atoms with E-state index < -0.39 is 5.60 Å². The van der Waals surface area contributed by atoms with Crippen molar-refractivity contribution in [3.63, 3.8) is 0 Å². The number of nitrogens with one attached hydrogen (secondary N) is 1. The summed E-state index contributed by atoms with van der Waals surface area (Å²) in [5, 5.41) is 15.8. The van der Waals surface area contributed by atoms with Crippen molar-refractivity contribution < 1.29 is 5.11 Å². The van der Waals surface area contributed by atoms with Gasteiger partial charge in [0.25, 0.3) is 0 Å². The zero-order valence-corrected chi connectivity index (χ0v) is 21.5. The Balaban J connectivity index is 1.30. The van der Waals surface area contributed by atoms with Crippen molar-refractivity contribution >= 4 is 27.3 Å². The second-order valence-electron chi connectivity index (χ2n) is 11.0. The second-order valence-corrected chi connectivity index (χ2v) is 12.1. The maximum Gasteiger partial charge on any atom is 0.158 e. The number of β-amino-alcohol motifs (C(OH)–C–C–N with tert-alkyl or cyclic N) is 1. The lowest BCUT2D eigenvalue weighted by Crippen LogP contribution is -2.63. The molecular formula is C26H34N6OS. The molecule has 4 aromatic rings. The van der Waals surface area contributed by atoms with Crippen LogP contribution in [-0.2, 0) is 0 Å². The van der Waals surface area contributed by atoms with Gasteiger partial charge in [-0.15, -0.1) is 11.3 Å². The minimum absolute atomic E-state index is 0.361. The van der Waals surface area contributed by atoms with Crippen LogP contribution in [0.1, 0.15) is 80.0 Å². The highest BCUT2D eigenvalue weighted by Gasteiger charge is 2.41. The van der Waals surface area contributed by atoms with Gasteiger partial charge in [0.15, 0.2) is 5.65 Å². The average molecular weight is 479 g/mol. The monoisotopic (exact) mass is 478 g/mol. The smallest absolute Gasteiger partial charge is 0.158 e. The van der Waals surface area contributed by atoms with Crippen LogP contribution in [0.2, 0.25) is 0 Å². The Morgan fingerprint density at radius 3 is 2.56 bits per heavy atom. The number of aliphatic hydroxyl groups is 1. The topological polar surface area (TPSA) is 82.3 Å². The first-order chi connectivity index (χ1) is 16.2. The van der Waals surface area contributed by atoms with Crippen LogP contribution in [0.15, 0.2) is 12.5 Å². The fraction of sp³-hybridized carbons (Fsp3) is 0.577. The molecule has 4 aromatic heterocycles. The molecule has 5 heterocycles. The average Bonchev–Trinajstić information content (AvgIpc) is 3.48. The van der Waals surface area contributed by atoms with E-state index in [-0.39, 0.29) is 0 Å². The third kappa shape index (κ3) is 3.49. The van der Waals surface area contributed by atoms with Gasteiger partial charge < -0.3 is 10.1 Å². The number of rotatable bonds is 4. The quantitative estimate of drug-likeness (QED) is 0.423. The van der Waals surface area contributed by atoms with Crippen LogP contribution < -0.4 is 0 Å². The van der Waals surface area contributed by atoms with Gasteiger partial charge in [0.1, 0.15) is 16.7 Å². The molecule has 1 aliphatic heterocycles. The summed E-state index contributed by atoms with van der Waals surface area (Å²) in [7, 11) is 0. The van der Waals surface area contributed by atoms with E-state index in [2.05, 4.69) is 53.9 Å². The van der Waals surface area contributed by atoms with Crippen LogP contribution in [0.5, 0.6) is 0 Å². The summed E-state index contributed by atoms with van der Waals surface area (Å²) in [5.41, 5.74) is 7.62. The summed E-state index contributed by atoms with van der Waals surface area (Å²) in [6.45, 7) is 12.4. The Morgan fingerprint density at radius 1 is 1.15 bits per heavy atom. The molecular weight excluding hydrogens is 444 g/mol. The number of H-pyrrole nitrogens is 1. The lowest BCUT2D eigenvalue weighted by atomic mass is 9.82. The van der Waals surface area contributed by atoms with Crippen LogP contribution in [0.25, 0.3) is 27.3 Å². The first-order valence-corrected chi connectivity index (χ1v) is 13.3. The fourth-order valence-electron chi connectivity index (χ4n) is 6.08. The largest absolute Gasteiger partial charge is 0.388 e. The van der Waals surface area contributed by atoms with Crippen molar-refractivity contribution in [3.8, 4) is 11.3 Å². The molecule has 0 aromatic carbocycles. The van der Waals surface area contributed by atoms with Crippen molar-refractivity contribution in [2.75, 3.05) is 13.1 Å². The zero-order chi connectivity index (χ0) is 23.8. The Kier molecular flexibility index (Phi) is 5.13. The van der Waals surface area contributed by atoms with Crippen molar-refractivity contribution in [2.24, 2.45) is 0 Å². The SMILES string of the molecule is Cc1c(-c2[nH]c3sc(C4CCC(N5CC(C)(O)C5)CC4)nc3c2C(C)C)cn2ncnc2c1C. The molecule has 2 N–H and O–H groups in total. The number of aromatic nitrogens is 5. The Bertz CT molecular complexity index is 1360. The number of hydrogen-bond acceptors (Lipinski definition) is 6. The molecule has 0 spiro atoms. The lowest BCUT2D eigenvalue weighted by Gasteiger charge is -2.50. The summed E-state index contributed by atoms with van der Waals surface area (Å²) >= 11 is 1.84. The molecule has 7 nitrogen and oxygen atoms in total. The molecule has 0 unspecified atom stereocenters. The summed E-state index contributed by atoms with van der Waals surface area (Å²) < 4.78 is 1.88. The molecule has 6 rings (SSSR count). The van der Waals surface area contributed by atoms with Crippen LogP contribution in [0.4, 0.5) is 0 Å². The minimum atomic E-state index is -0.481. The number of aromatic amines is 1. The van der Waals surface area contributed by atoms with Gasteiger partial charge in [-0.3, -0.25) is 4.90 Å². The highest BCUT2D eigenvalue weighted by molar-refractivity contribution is 7.18. The Labute approximate surface area is 204 Å². The number of hydrogen-bond donors (Lipinski definition) is 2. The van der Waals surface area contributed by atoms with Crippen LogP contribution in [0.3, 0.4) is 0 Å². The van der Waals surface area contributed by atoms with E-state index in [0.29, 0.717) is 17.9 Å². The third-order valence-electron chi connectivity index (χ3n) is 8.03. The van der Waals surface area contributed by atoms with Gasteiger partial charge in [-0.05, 0) is 63.5 Å². The summed E-state index contributed by atoms with van der Waals surface area (Å²) in [6, 6.07) is 0.622. The molecule has 0 atom stereocenters. The first kappa shape index (κ1) is 22.2. The normalized spacial score (nSPS) is 23.3. The number of thiazole rings is 1. The van der Waals surface area contributed by atoms with Gasteiger partial charge in [-0.25, -0.2) is 14.5 Å². The van der Waals surface area contributed by atoms with Crippen molar-refractivity contribution in [1.82, 2.24) is 29.5 Å². The predicted octanol–water partition coefficient (Wildman–Crippen LogP) is 5.17. The molecule has 180 valence electrons. The first-order valence-electron chi connectivity index (χ1n) is 12.5. The van der Waals surface area contributed by atoms with Crippen molar-refractivity contribution in [1.29, 1.82) is 0 Å². The molecule has 34 heavy (non-hydrogen) atoms. The van der Waals surface area contributed by atoms with E-state index in [0.717, 1.165) is 29.8 Å². The minimum Gasteiger partial charge on any atom is -0.388 e. The molecule has 2 fully saturated rings. The van der Waals surface area contributed by atoms with E-state index in [9.17, 15) is 5.11 Å². The number of fused-ring (bicyclic) bond motifs is 2. The molecule has 2 aliphatic rings. The summed E-state index contributed by atoms with van der Waals surface area (Å²) in [5.74, 6) is 0.905. The molecule has 0 bridgehead atoms. The van der Waals surface area contributed by atoms with Crippen molar-refractivity contribution in [3.05, 3.63) is 34.2 Å². The fourth-order valence-corrected chi connectivity index (χ4v) is 7.23. The molecule has 0 amide bonds. The molecule has 1 saturated heterocycles. The van der Waals surface area contributed by atoms with Crippen LogP contribution in [-0.4, -0.2) is 59.3 Å². The number of aryl methyl sites for hydroxylation is 1. The number of pyridine rings is 1. The second kappa shape index (κ2) is 7.86. The Hall–Kier alpha value is -2.29. The summed E-state index contributed by atoms with van der Waals surface area (Å²) in [4.78, 5) is 17.1. The number of likely N-dealkylation sites (tertiary alicyclic amines) is 1. The van der Waals surface area contributed by atoms with Crippen molar-refractivity contribution in [2.45, 2.75) is 83.8 Å². The highest BCUT2D eigenvalue weighted by atomic mass is 32.1. The van der Waals surface area contributed by atoms with E-state index in [1.165, 1.54) is 57.9 Å². The zero-order valence-electron chi connectivity index (χ0n) is 20.7. The van der Waals surface area contributed by atoms with Gasteiger partial charge >= 0.3 is 0 Å². The van der Waals surface area contributed by atoms with E-state index in [4.69, 9.17) is 4.98 Å². The van der Waals surface area contributed by atoms with Crippen LogP contribution >= 0.6 is 11.3 Å². The van der Waals surface area contributed by atoms with E-state index in [1.807, 2.05) is 22.8 Å². The van der Waals surface area contributed by atoms with Gasteiger partial charge in [0, 0.05) is 42.4 Å². The highest BCUT2D eigenvalue weighted by Crippen LogP contribution is 2.44. The molecule has 0 radical (unpaired) electrons. The summed E-state index contributed by atoms with van der Waals surface area (Å²) in [6.07, 6.45) is 8.49. The molecule has 1 aliphatic carbocycles. The van der Waals surface area contributed by atoms with Gasteiger partial charge in [0.2, 0.25) is 0 Å². The standard InChI is InChI=1S/C26H34N6OS/c1-14(2)20-21(19-10-32-23(27-13-28-32)16(4)15(19)3)29-25-22(20)30-24(34-25)17-6-8-18(9-7-17)31-11-26(5,33)12-31/h10,13-14,17-18,29,33H,6-9,11-12H2,1-5H3.